The Hall–Kier alpha value is -3.04. The van der Waals surface area contributed by atoms with E-state index in [1.54, 1.807) is 18.3 Å². The number of carbonyl (C=O) groups is 1. The number of nitrogens with zero attached hydrogens (tertiary/aromatic N) is 6. The van der Waals surface area contributed by atoms with Crippen LogP contribution in [0.3, 0.4) is 0 Å². The number of tetrazole rings is 1. The Kier molecular flexibility index (Phi) is 6.73. The number of ether oxygens (including phenoxy) is 1. The summed E-state index contributed by atoms with van der Waals surface area (Å²) in [6.07, 6.45) is 2.33. The Bertz CT molecular complexity index is 1000. The van der Waals surface area contributed by atoms with E-state index in [0.717, 1.165) is 30.0 Å². The van der Waals surface area contributed by atoms with E-state index in [2.05, 4.69) is 30.6 Å². The van der Waals surface area contributed by atoms with E-state index in [1.165, 1.54) is 4.80 Å². The van der Waals surface area contributed by atoms with Crippen LogP contribution in [0.15, 0.2) is 42.6 Å². The zero-order valence-electron chi connectivity index (χ0n) is 17.2. The van der Waals surface area contributed by atoms with Crippen LogP contribution in [0.2, 0.25) is 5.02 Å². The second kappa shape index (κ2) is 9.84. The van der Waals surface area contributed by atoms with E-state index >= 15 is 0 Å². The molecule has 4 rings (SSSR count). The molecular weight excluding hydrogens is 418 g/mol. The molecule has 0 radical (unpaired) electrons. The first kappa shape index (κ1) is 21.2. The first-order chi connectivity index (χ1) is 15.1. The molecule has 2 aromatic heterocycles. The molecule has 3 aromatic rings. The quantitative estimate of drug-likeness (QED) is 0.601. The van der Waals surface area contributed by atoms with Gasteiger partial charge in [0, 0.05) is 36.4 Å². The second-order valence-corrected chi connectivity index (χ2v) is 7.64. The zero-order chi connectivity index (χ0) is 21.6. The highest BCUT2D eigenvalue weighted by Crippen LogP contribution is 2.19. The highest BCUT2D eigenvalue weighted by Gasteiger charge is 2.22. The van der Waals surface area contributed by atoms with E-state index in [9.17, 15) is 4.79 Å². The lowest BCUT2D eigenvalue weighted by molar-refractivity contribution is -0.125. The van der Waals surface area contributed by atoms with Crippen LogP contribution >= 0.6 is 11.6 Å². The number of hydrogen-bond acceptors (Lipinski definition) is 7. The molecule has 3 heterocycles. The van der Waals surface area contributed by atoms with Crippen LogP contribution in [-0.4, -0.2) is 57.4 Å². The number of aromatic nitrogens is 5. The number of anilines is 1. The monoisotopic (exact) mass is 441 g/mol. The van der Waals surface area contributed by atoms with Crippen molar-refractivity contribution in [2.45, 2.75) is 25.9 Å². The first-order valence-corrected chi connectivity index (χ1v) is 10.6. The third kappa shape index (κ3) is 5.18. The lowest BCUT2D eigenvalue weighted by Crippen LogP contribution is -2.36. The Morgan fingerprint density at radius 2 is 1.97 bits per heavy atom. The van der Waals surface area contributed by atoms with Crippen molar-refractivity contribution in [2.24, 2.45) is 0 Å². The molecule has 31 heavy (non-hydrogen) atoms. The third-order valence-electron chi connectivity index (χ3n) is 5.11. The number of nitrogens with one attached hydrogen (secondary N) is 1. The van der Waals surface area contributed by atoms with E-state index in [4.69, 9.17) is 16.3 Å². The number of halogens is 1. The van der Waals surface area contributed by atoms with Crippen molar-refractivity contribution in [1.82, 2.24) is 30.5 Å². The van der Waals surface area contributed by atoms with Crippen LogP contribution in [0.4, 0.5) is 5.82 Å². The lowest BCUT2D eigenvalue weighted by Gasteiger charge is -2.27. The number of rotatable bonds is 7. The molecule has 1 saturated heterocycles. The summed E-state index contributed by atoms with van der Waals surface area (Å²) < 4.78 is 5.37. The van der Waals surface area contributed by atoms with Crippen LogP contribution in [0.25, 0.3) is 11.4 Å². The van der Waals surface area contributed by atoms with Gasteiger partial charge in [-0.1, -0.05) is 24.6 Å². The minimum atomic E-state index is -0.547. The number of morpholine rings is 1. The average Bonchev–Trinajstić information content (AvgIpc) is 3.29. The van der Waals surface area contributed by atoms with Gasteiger partial charge in [0.1, 0.15) is 5.82 Å². The summed E-state index contributed by atoms with van der Waals surface area (Å²) in [6, 6.07) is 10.6. The van der Waals surface area contributed by atoms with Gasteiger partial charge in [0.05, 0.1) is 13.2 Å². The molecule has 0 bridgehead atoms. The van der Waals surface area contributed by atoms with Crippen molar-refractivity contribution in [3.63, 3.8) is 0 Å². The molecule has 9 nitrogen and oxygen atoms in total. The van der Waals surface area contributed by atoms with Crippen molar-refractivity contribution < 1.29 is 9.53 Å². The molecule has 1 atom stereocenters. The smallest absolute Gasteiger partial charge is 0.247 e. The Balaban J connectivity index is 1.36. The maximum atomic E-state index is 12.8. The molecule has 1 aliphatic rings. The van der Waals surface area contributed by atoms with E-state index in [0.29, 0.717) is 37.0 Å². The number of benzene rings is 1. The fourth-order valence-corrected chi connectivity index (χ4v) is 3.46. The van der Waals surface area contributed by atoms with Gasteiger partial charge in [0.25, 0.3) is 0 Å². The summed E-state index contributed by atoms with van der Waals surface area (Å²) in [5.41, 5.74) is 1.71. The van der Waals surface area contributed by atoms with Crippen LogP contribution in [0.1, 0.15) is 24.9 Å². The standard InChI is InChI=1S/C21H24ClN7O2/c1-2-18(29-26-20(25-27-29)16-4-6-17(22)7-5-16)21(30)24-14-15-3-8-19(23-13-15)28-9-11-31-12-10-28/h3-8,13,18H,2,9-12,14H2,1H3,(H,24,30). The molecule has 1 aromatic carbocycles. The largest absolute Gasteiger partial charge is 0.378 e. The fraction of sp³-hybridized carbons (Fsp3) is 0.381. The van der Waals surface area contributed by atoms with Crippen molar-refractivity contribution in [3.05, 3.63) is 53.2 Å². The van der Waals surface area contributed by atoms with E-state index in [1.807, 2.05) is 31.2 Å². The van der Waals surface area contributed by atoms with Crippen molar-refractivity contribution in [2.75, 3.05) is 31.2 Å². The highest BCUT2D eigenvalue weighted by molar-refractivity contribution is 6.30. The molecule has 10 heteroatoms. The molecule has 1 fully saturated rings. The SMILES string of the molecule is CCC(C(=O)NCc1ccc(N2CCOCC2)nc1)n1nnc(-c2ccc(Cl)cc2)n1. The van der Waals surface area contributed by atoms with Crippen molar-refractivity contribution in [3.8, 4) is 11.4 Å². The molecule has 1 amide bonds. The molecular formula is C21H24ClN7O2. The predicted octanol–water partition coefficient (Wildman–Crippen LogP) is 2.49. The summed E-state index contributed by atoms with van der Waals surface area (Å²) in [5.74, 6) is 1.21. The molecule has 1 N–H and O–H groups in total. The van der Waals surface area contributed by atoms with Gasteiger partial charge >= 0.3 is 0 Å². The average molecular weight is 442 g/mol. The van der Waals surface area contributed by atoms with Crippen LogP contribution in [0.5, 0.6) is 0 Å². The Labute approximate surface area is 185 Å². The van der Waals surface area contributed by atoms with Crippen molar-refractivity contribution in [1.29, 1.82) is 0 Å². The molecule has 162 valence electrons. The van der Waals surface area contributed by atoms with E-state index < -0.39 is 6.04 Å². The van der Waals surface area contributed by atoms with Crippen LogP contribution in [-0.2, 0) is 16.1 Å². The van der Waals surface area contributed by atoms with Crippen LogP contribution in [0, 0.1) is 0 Å². The minimum Gasteiger partial charge on any atom is -0.378 e. The van der Waals surface area contributed by atoms with E-state index in [-0.39, 0.29) is 5.91 Å². The number of hydrogen-bond donors (Lipinski definition) is 1. The van der Waals surface area contributed by atoms with Gasteiger partial charge in [0.2, 0.25) is 11.7 Å². The Morgan fingerprint density at radius 3 is 2.65 bits per heavy atom. The predicted molar refractivity (Wildman–Crippen MR) is 117 cm³/mol. The Morgan fingerprint density at radius 1 is 1.19 bits per heavy atom. The summed E-state index contributed by atoms with van der Waals surface area (Å²) in [6.45, 7) is 5.40. The molecule has 1 unspecified atom stereocenters. The second-order valence-electron chi connectivity index (χ2n) is 7.21. The maximum absolute atomic E-state index is 12.8. The summed E-state index contributed by atoms with van der Waals surface area (Å²) in [5, 5.41) is 16.1. The molecule has 0 saturated carbocycles. The zero-order valence-corrected chi connectivity index (χ0v) is 18.0. The maximum Gasteiger partial charge on any atom is 0.247 e. The normalized spacial score (nSPS) is 15.0. The minimum absolute atomic E-state index is 0.167. The summed E-state index contributed by atoms with van der Waals surface area (Å²) in [4.78, 5) is 20.8. The molecule has 0 spiro atoms. The van der Waals surface area contributed by atoms with Gasteiger partial charge in [-0.3, -0.25) is 4.79 Å². The topological polar surface area (TPSA) is 98.1 Å². The number of carbonyl (C=O) groups excluding carboxylic acids is 1. The highest BCUT2D eigenvalue weighted by atomic mass is 35.5. The molecule has 0 aliphatic carbocycles. The van der Waals surface area contributed by atoms with Gasteiger partial charge in [-0.2, -0.15) is 4.80 Å². The third-order valence-corrected chi connectivity index (χ3v) is 5.36. The number of pyridine rings is 1. The summed E-state index contributed by atoms with van der Waals surface area (Å²) >= 11 is 5.93. The number of amides is 1. The van der Waals surface area contributed by atoms with Gasteiger partial charge in [-0.25, -0.2) is 4.98 Å². The van der Waals surface area contributed by atoms with Gasteiger partial charge in [0.15, 0.2) is 6.04 Å². The fourth-order valence-electron chi connectivity index (χ4n) is 3.33. The molecule has 1 aliphatic heterocycles. The van der Waals surface area contributed by atoms with Gasteiger partial charge < -0.3 is 15.0 Å². The van der Waals surface area contributed by atoms with Gasteiger partial charge in [-0.15, -0.1) is 10.2 Å². The first-order valence-electron chi connectivity index (χ1n) is 10.2. The van der Waals surface area contributed by atoms with Crippen molar-refractivity contribution >= 4 is 23.3 Å². The summed E-state index contributed by atoms with van der Waals surface area (Å²) in [7, 11) is 0. The van der Waals surface area contributed by atoms with Crippen LogP contribution < -0.4 is 10.2 Å². The lowest BCUT2D eigenvalue weighted by atomic mass is 10.2. The van der Waals surface area contributed by atoms with Gasteiger partial charge in [-0.05, 0) is 47.5 Å².